The molecule has 22 heavy (non-hydrogen) atoms. The number of benzene rings is 1. The van der Waals surface area contributed by atoms with Gasteiger partial charge in [0.1, 0.15) is 0 Å². The smallest absolute Gasteiger partial charge is 0.229 e. The van der Waals surface area contributed by atoms with Crippen LogP contribution in [0.15, 0.2) is 18.2 Å². The van der Waals surface area contributed by atoms with Gasteiger partial charge in [0.25, 0.3) is 0 Å². The predicted octanol–water partition coefficient (Wildman–Crippen LogP) is 2.44. The molecule has 0 radical (unpaired) electrons. The summed E-state index contributed by atoms with van der Waals surface area (Å²) in [5.41, 5.74) is 0.754. The highest BCUT2D eigenvalue weighted by Gasteiger charge is 2.32. The van der Waals surface area contributed by atoms with Crippen LogP contribution in [0.2, 0.25) is 5.02 Å². The topological polar surface area (TPSA) is 82.1 Å². The van der Waals surface area contributed by atoms with E-state index in [1.165, 1.54) is 11.3 Å². The molecule has 7 heteroatoms. The monoisotopic (exact) mass is 337 g/mol. The third kappa shape index (κ3) is 3.08. The van der Waals surface area contributed by atoms with Gasteiger partial charge < -0.3 is 15.2 Å². The molecule has 0 saturated heterocycles. The van der Waals surface area contributed by atoms with E-state index in [0.29, 0.717) is 23.0 Å². The van der Waals surface area contributed by atoms with Crippen LogP contribution in [-0.4, -0.2) is 16.9 Å². The number of thiazole rings is 1. The summed E-state index contributed by atoms with van der Waals surface area (Å²) in [7, 11) is 0. The number of hydrogen-bond donors (Lipinski definition) is 1. The van der Waals surface area contributed by atoms with E-state index in [2.05, 4.69) is 10.3 Å². The first-order valence-corrected chi connectivity index (χ1v) is 8.32. The number of anilines is 1. The first-order chi connectivity index (χ1) is 10.5. The summed E-state index contributed by atoms with van der Waals surface area (Å²) in [5.74, 6) is -2.69. The minimum absolute atomic E-state index is 0.293. The summed E-state index contributed by atoms with van der Waals surface area (Å²) in [4.78, 5) is 27.9. The minimum atomic E-state index is -1.14. The van der Waals surface area contributed by atoms with Gasteiger partial charge in [-0.2, -0.15) is 0 Å². The number of aromatic nitrogens is 1. The van der Waals surface area contributed by atoms with Gasteiger partial charge in [0.05, 0.1) is 10.2 Å². The number of carboxylic acids is 1. The number of carboxylic acid groups (broad SMARTS) is 1. The lowest BCUT2D eigenvalue weighted by Crippen LogP contribution is -2.42. The molecule has 0 aliphatic heterocycles. The van der Waals surface area contributed by atoms with Gasteiger partial charge in [-0.05, 0) is 31.0 Å². The molecule has 1 aliphatic rings. The van der Waals surface area contributed by atoms with Gasteiger partial charge in [-0.15, -0.1) is 0 Å². The zero-order valence-corrected chi connectivity index (χ0v) is 13.2. The average Bonchev–Trinajstić information content (AvgIpc) is 2.88. The van der Waals surface area contributed by atoms with Crippen molar-refractivity contribution < 1.29 is 14.7 Å². The number of carbonyl (C=O) groups excluding carboxylic acids is 2. The van der Waals surface area contributed by atoms with E-state index in [0.717, 1.165) is 23.1 Å². The van der Waals surface area contributed by atoms with Crippen LogP contribution in [0.3, 0.4) is 0 Å². The van der Waals surface area contributed by atoms with Crippen molar-refractivity contribution in [3.05, 3.63) is 23.2 Å². The molecule has 1 amide bonds. The molecular formula is C15H14ClN2O3S-. The normalized spacial score (nSPS) is 21.7. The van der Waals surface area contributed by atoms with Crippen LogP contribution in [0, 0.1) is 11.8 Å². The molecule has 1 aliphatic carbocycles. The summed E-state index contributed by atoms with van der Waals surface area (Å²) >= 11 is 7.25. The van der Waals surface area contributed by atoms with Crippen LogP contribution in [-0.2, 0) is 9.59 Å². The molecule has 3 rings (SSSR count). The maximum atomic E-state index is 12.4. The van der Waals surface area contributed by atoms with Gasteiger partial charge in [0, 0.05) is 22.8 Å². The lowest BCUT2D eigenvalue weighted by atomic mass is 9.79. The number of rotatable bonds is 3. The number of halogens is 1. The summed E-state index contributed by atoms with van der Waals surface area (Å²) in [6.45, 7) is 0. The highest BCUT2D eigenvalue weighted by atomic mass is 35.5. The van der Waals surface area contributed by atoms with E-state index in [1.807, 2.05) is 0 Å². The van der Waals surface area contributed by atoms with Crippen molar-refractivity contribution in [2.45, 2.75) is 25.7 Å². The van der Waals surface area contributed by atoms with E-state index in [9.17, 15) is 14.7 Å². The standard InChI is InChI=1S/C15H15ClN2O3S/c16-8-5-6-11-12(7-8)22-15(17-11)18-13(19)9-3-1-2-4-10(9)14(20)21/h5-7,9-10H,1-4H2,(H,20,21)(H,17,18,19)/p-1/t9-,10-/m1/s1. The van der Waals surface area contributed by atoms with E-state index in [-0.39, 0.29) is 5.91 Å². The van der Waals surface area contributed by atoms with Gasteiger partial charge in [-0.25, -0.2) is 4.98 Å². The van der Waals surface area contributed by atoms with Crippen molar-refractivity contribution in [3.8, 4) is 0 Å². The van der Waals surface area contributed by atoms with Crippen molar-refractivity contribution in [3.63, 3.8) is 0 Å². The number of aliphatic carboxylic acids is 1. The second-order valence-electron chi connectivity index (χ2n) is 5.44. The zero-order chi connectivity index (χ0) is 15.7. The predicted molar refractivity (Wildman–Crippen MR) is 83.7 cm³/mol. The fourth-order valence-electron chi connectivity index (χ4n) is 2.88. The molecule has 1 aromatic heterocycles. The molecule has 0 unspecified atom stereocenters. The van der Waals surface area contributed by atoms with E-state index in [4.69, 9.17) is 11.6 Å². The highest BCUT2D eigenvalue weighted by molar-refractivity contribution is 7.22. The Morgan fingerprint density at radius 2 is 2.00 bits per heavy atom. The van der Waals surface area contributed by atoms with E-state index in [1.54, 1.807) is 18.2 Å². The maximum Gasteiger partial charge on any atom is 0.229 e. The molecular weight excluding hydrogens is 324 g/mol. The van der Waals surface area contributed by atoms with Crippen LogP contribution in [0.1, 0.15) is 25.7 Å². The van der Waals surface area contributed by atoms with Crippen LogP contribution < -0.4 is 10.4 Å². The number of fused-ring (bicyclic) bond motifs is 1. The Morgan fingerprint density at radius 3 is 2.73 bits per heavy atom. The summed E-state index contributed by atoms with van der Waals surface area (Å²) in [6.07, 6.45) is 2.75. The molecule has 2 aromatic rings. The number of hydrogen-bond acceptors (Lipinski definition) is 5. The molecule has 1 N–H and O–H groups in total. The SMILES string of the molecule is O=C([O-])[C@@H]1CCCC[C@H]1C(=O)Nc1nc2ccc(Cl)cc2s1. The maximum absolute atomic E-state index is 12.4. The van der Waals surface area contributed by atoms with Gasteiger partial charge in [-0.1, -0.05) is 35.8 Å². The molecule has 1 heterocycles. The zero-order valence-electron chi connectivity index (χ0n) is 11.7. The highest BCUT2D eigenvalue weighted by Crippen LogP contribution is 2.32. The fraction of sp³-hybridized carbons (Fsp3) is 0.400. The molecule has 1 aromatic carbocycles. The van der Waals surface area contributed by atoms with Gasteiger partial charge in [0.15, 0.2) is 5.13 Å². The molecule has 0 spiro atoms. The second-order valence-corrected chi connectivity index (χ2v) is 6.90. The first-order valence-electron chi connectivity index (χ1n) is 7.12. The summed E-state index contributed by atoms with van der Waals surface area (Å²) in [5, 5.41) is 15.0. The number of carbonyl (C=O) groups is 2. The summed E-state index contributed by atoms with van der Waals surface area (Å²) in [6, 6.07) is 5.31. The lowest BCUT2D eigenvalue weighted by molar-refractivity contribution is -0.313. The average molecular weight is 338 g/mol. The van der Waals surface area contributed by atoms with Gasteiger partial charge in [0.2, 0.25) is 5.91 Å². The molecule has 0 bridgehead atoms. The van der Waals surface area contributed by atoms with Crippen molar-refractivity contribution in [2.75, 3.05) is 5.32 Å². The van der Waals surface area contributed by atoms with E-state index < -0.39 is 17.8 Å². The minimum Gasteiger partial charge on any atom is -0.550 e. The number of amides is 1. The number of nitrogens with zero attached hydrogens (tertiary/aromatic N) is 1. The molecule has 1 saturated carbocycles. The molecule has 2 atom stereocenters. The van der Waals surface area contributed by atoms with Crippen LogP contribution in [0.5, 0.6) is 0 Å². The lowest BCUT2D eigenvalue weighted by Gasteiger charge is -2.30. The van der Waals surface area contributed by atoms with Gasteiger partial charge in [-0.3, -0.25) is 4.79 Å². The van der Waals surface area contributed by atoms with Crippen molar-refractivity contribution in [1.82, 2.24) is 4.98 Å². The van der Waals surface area contributed by atoms with Crippen LogP contribution in [0.25, 0.3) is 10.2 Å². The Labute approximate surface area is 136 Å². The Morgan fingerprint density at radius 1 is 1.27 bits per heavy atom. The largest absolute Gasteiger partial charge is 0.550 e. The molecule has 5 nitrogen and oxygen atoms in total. The summed E-state index contributed by atoms with van der Waals surface area (Å²) < 4.78 is 0.878. The van der Waals surface area contributed by atoms with Crippen molar-refractivity contribution in [1.29, 1.82) is 0 Å². The molecule has 116 valence electrons. The third-order valence-electron chi connectivity index (χ3n) is 3.99. The fourth-order valence-corrected chi connectivity index (χ4v) is 4.02. The van der Waals surface area contributed by atoms with E-state index >= 15 is 0 Å². The van der Waals surface area contributed by atoms with Crippen molar-refractivity contribution >= 4 is 50.2 Å². The Kier molecular flexibility index (Phi) is 4.31. The Hall–Kier alpha value is -1.66. The van der Waals surface area contributed by atoms with Crippen LogP contribution >= 0.6 is 22.9 Å². The molecule has 1 fully saturated rings. The number of nitrogens with one attached hydrogen (secondary N) is 1. The Bertz CT molecular complexity index is 731. The first kappa shape index (κ1) is 15.2. The van der Waals surface area contributed by atoms with Crippen LogP contribution in [0.4, 0.5) is 5.13 Å². The van der Waals surface area contributed by atoms with Gasteiger partial charge >= 0.3 is 0 Å². The quantitative estimate of drug-likeness (QED) is 0.932. The van der Waals surface area contributed by atoms with Crippen molar-refractivity contribution in [2.24, 2.45) is 11.8 Å². The Balaban J connectivity index is 1.78. The third-order valence-corrected chi connectivity index (χ3v) is 5.15. The second kappa shape index (κ2) is 6.22.